The van der Waals surface area contributed by atoms with E-state index >= 15 is 0 Å². The maximum Gasteiger partial charge on any atom is 0.300 e. The number of nitrogens with one attached hydrogen (secondary N) is 2. The van der Waals surface area contributed by atoms with Crippen LogP contribution < -0.4 is 9.44 Å². The third kappa shape index (κ3) is 4.70. The Morgan fingerprint density at radius 1 is 0.923 bits per heavy atom. The Balaban J connectivity index is 1.85. The topological polar surface area (TPSA) is 84.0 Å². The Labute approximate surface area is 161 Å². The lowest BCUT2D eigenvalue weighted by Crippen LogP contribution is -2.30. The molecule has 0 bridgehead atoms. The van der Waals surface area contributed by atoms with E-state index in [0.29, 0.717) is 16.1 Å². The van der Waals surface area contributed by atoms with Crippen LogP contribution in [-0.4, -0.2) is 18.4 Å². The van der Waals surface area contributed by atoms with Gasteiger partial charge in [0.15, 0.2) is 5.82 Å². The van der Waals surface area contributed by atoms with Gasteiger partial charge in [0.25, 0.3) is 0 Å². The lowest BCUT2D eigenvalue weighted by molar-refractivity contribution is 0.586. The second kappa shape index (κ2) is 8.01. The molecule has 26 heavy (non-hydrogen) atoms. The minimum Gasteiger partial charge on any atom is -0.254 e. The zero-order valence-corrected chi connectivity index (χ0v) is 15.7. The molecule has 1 aromatic heterocycles. The van der Waals surface area contributed by atoms with Gasteiger partial charge in [0, 0.05) is 11.6 Å². The highest BCUT2D eigenvalue weighted by Gasteiger charge is 2.18. The molecule has 0 radical (unpaired) electrons. The molecule has 0 saturated heterocycles. The zero-order valence-electron chi connectivity index (χ0n) is 13.4. The molecule has 1 heterocycles. The summed E-state index contributed by atoms with van der Waals surface area (Å²) >= 11 is 12.1. The fourth-order valence-corrected chi connectivity index (χ4v) is 3.46. The molecule has 0 spiro atoms. The monoisotopic (exact) mass is 408 g/mol. The number of hydrogen-bond acceptors (Lipinski definition) is 4. The highest BCUT2D eigenvalue weighted by atomic mass is 35.5. The van der Waals surface area contributed by atoms with Crippen molar-refractivity contribution in [1.29, 1.82) is 0 Å². The fraction of sp³-hybridized carbons (Fsp3) is 0.0588. The van der Waals surface area contributed by atoms with Gasteiger partial charge in [-0.05, 0) is 23.3 Å². The van der Waals surface area contributed by atoms with Crippen molar-refractivity contribution in [3.05, 3.63) is 76.7 Å². The minimum atomic E-state index is -3.86. The molecule has 0 amide bonds. The van der Waals surface area contributed by atoms with Crippen molar-refractivity contribution in [3.8, 4) is 11.1 Å². The van der Waals surface area contributed by atoms with E-state index < -0.39 is 10.2 Å². The van der Waals surface area contributed by atoms with E-state index in [2.05, 4.69) is 19.4 Å². The van der Waals surface area contributed by atoms with Crippen molar-refractivity contribution in [2.24, 2.45) is 0 Å². The number of benzene rings is 2. The van der Waals surface area contributed by atoms with Gasteiger partial charge in [-0.3, -0.25) is 4.72 Å². The Morgan fingerprint density at radius 3 is 2.31 bits per heavy atom. The van der Waals surface area contributed by atoms with Gasteiger partial charge < -0.3 is 0 Å². The van der Waals surface area contributed by atoms with Gasteiger partial charge in [0.1, 0.15) is 11.5 Å². The van der Waals surface area contributed by atoms with Gasteiger partial charge in [0.05, 0.1) is 5.56 Å². The zero-order chi connectivity index (χ0) is 18.6. The van der Waals surface area contributed by atoms with E-state index in [9.17, 15) is 8.42 Å². The van der Waals surface area contributed by atoms with Crippen molar-refractivity contribution in [2.75, 3.05) is 4.72 Å². The number of anilines is 1. The van der Waals surface area contributed by atoms with Gasteiger partial charge in [-0.2, -0.15) is 13.1 Å². The summed E-state index contributed by atoms with van der Waals surface area (Å²) < 4.78 is 29.6. The molecule has 0 atom stereocenters. The highest BCUT2D eigenvalue weighted by Crippen LogP contribution is 2.32. The summed E-state index contributed by atoms with van der Waals surface area (Å²) in [6.07, 6.45) is 1.19. The Kier molecular flexibility index (Phi) is 5.73. The second-order valence-electron chi connectivity index (χ2n) is 5.31. The summed E-state index contributed by atoms with van der Waals surface area (Å²) in [7, 11) is -3.86. The van der Waals surface area contributed by atoms with E-state index in [-0.39, 0.29) is 17.5 Å². The van der Waals surface area contributed by atoms with Crippen LogP contribution in [0.1, 0.15) is 5.56 Å². The van der Waals surface area contributed by atoms with Crippen LogP contribution in [0.15, 0.2) is 60.9 Å². The number of rotatable bonds is 6. The Morgan fingerprint density at radius 2 is 1.62 bits per heavy atom. The number of nitrogens with zero attached hydrogens (tertiary/aromatic N) is 2. The molecule has 0 aliphatic carbocycles. The SMILES string of the molecule is O=S(=O)(NCc1ccccc1)Nc1ncnc(Cl)c1-c1ccc(Cl)cc1. The van der Waals surface area contributed by atoms with E-state index in [0.717, 1.165) is 5.56 Å². The first-order valence-corrected chi connectivity index (χ1v) is 9.76. The van der Waals surface area contributed by atoms with Gasteiger partial charge in [-0.1, -0.05) is 65.7 Å². The second-order valence-corrected chi connectivity index (χ2v) is 7.60. The molecule has 0 aliphatic rings. The summed E-state index contributed by atoms with van der Waals surface area (Å²) in [5.74, 6) is 0.0767. The van der Waals surface area contributed by atoms with Crippen LogP contribution in [0, 0.1) is 0 Å². The summed E-state index contributed by atoms with van der Waals surface area (Å²) in [6, 6.07) is 15.9. The molecule has 2 N–H and O–H groups in total. The largest absolute Gasteiger partial charge is 0.300 e. The van der Waals surface area contributed by atoms with E-state index in [1.54, 1.807) is 24.3 Å². The third-order valence-electron chi connectivity index (χ3n) is 3.47. The summed E-state index contributed by atoms with van der Waals surface area (Å²) in [4.78, 5) is 7.95. The quantitative estimate of drug-likeness (QED) is 0.605. The normalized spacial score (nSPS) is 11.3. The average molecular weight is 409 g/mol. The predicted molar refractivity (Wildman–Crippen MR) is 103 cm³/mol. The molecule has 9 heteroatoms. The number of halogens is 2. The Hall–Kier alpha value is -2.19. The van der Waals surface area contributed by atoms with E-state index in [1.807, 2.05) is 30.3 Å². The van der Waals surface area contributed by atoms with Gasteiger partial charge in [-0.15, -0.1) is 0 Å². The van der Waals surface area contributed by atoms with E-state index in [1.165, 1.54) is 6.33 Å². The molecule has 6 nitrogen and oxygen atoms in total. The minimum absolute atomic E-state index is 0.0767. The summed E-state index contributed by atoms with van der Waals surface area (Å²) in [6.45, 7) is 0.144. The lowest BCUT2D eigenvalue weighted by atomic mass is 10.1. The van der Waals surface area contributed by atoms with Crippen molar-refractivity contribution in [2.45, 2.75) is 6.54 Å². The first kappa shape index (κ1) is 18.6. The molecule has 3 rings (SSSR count). The van der Waals surface area contributed by atoms with Crippen molar-refractivity contribution in [3.63, 3.8) is 0 Å². The van der Waals surface area contributed by atoms with Crippen LogP contribution in [0.4, 0.5) is 5.82 Å². The molecule has 0 unspecified atom stereocenters. The maximum atomic E-state index is 12.4. The van der Waals surface area contributed by atoms with Gasteiger partial charge >= 0.3 is 10.2 Å². The standard InChI is InChI=1S/C17H14Cl2N4O2S/c18-14-8-6-13(7-9-14)15-16(19)20-11-21-17(15)23-26(24,25)22-10-12-4-2-1-3-5-12/h1-9,11,22H,10H2,(H,20,21,23). The average Bonchev–Trinajstić information content (AvgIpc) is 2.62. The maximum absolute atomic E-state index is 12.4. The molecule has 3 aromatic rings. The number of aromatic nitrogens is 2. The lowest BCUT2D eigenvalue weighted by Gasteiger charge is -2.13. The van der Waals surface area contributed by atoms with Crippen LogP contribution in [0.3, 0.4) is 0 Å². The highest BCUT2D eigenvalue weighted by molar-refractivity contribution is 7.90. The molecular weight excluding hydrogens is 395 g/mol. The van der Waals surface area contributed by atoms with Crippen molar-refractivity contribution in [1.82, 2.24) is 14.7 Å². The van der Waals surface area contributed by atoms with Gasteiger partial charge in [0.2, 0.25) is 0 Å². The summed E-state index contributed by atoms with van der Waals surface area (Å²) in [5.41, 5.74) is 1.84. The molecule has 0 saturated carbocycles. The van der Waals surface area contributed by atoms with Crippen LogP contribution in [0.5, 0.6) is 0 Å². The molecule has 2 aromatic carbocycles. The van der Waals surface area contributed by atoms with Crippen LogP contribution in [0.25, 0.3) is 11.1 Å². The number of hydrogen-bond donors (Lipinski definition) is 2. The molecule has 0 aliphatic heterocycles. The fourth-order valence-electron chi connectivity index (χ4n) is 2.25. The van der Waals surface area contributed by atoms with Crippen molar-refractivity contribution < 1.29 is 8.42 Å². The van der Waals surface area contributed by atoms with Crippen molar-refractivity contribution >= 4 is 39.2 Å². The first-order valence-electron chi connectivity index (χ1n) is 7.52. The first-order chi connectivity index (χ1) is 12.4. The predicted octanol–water partition coefficient (Wildman–Crippen LogP) is 3.90. The third-order valence-corrected chi connectivity index (χ3v) is 5.00. The Bertz CT molecular complexity index is 997. The van der Waals surface area contributed by atoms with Gasteiger partial charge in [-0.25, -0.2) is 9.97 Å². The van der Waals surface area contributed by atoms with Crippen LogP contribution >= 0.6 is 23.2 Å². The smallest absolute Gasteiger partial charge is 0.254 e. The van der Waals surface area contributed by atoms with E-state index in [4.69, 9.17) is 23.2 Å². The molecular formula is C17H14Cl2N4O2S. The molecule has 134 valence electrons. The molecule has 0 fully saturated rings. The van der Waals surface area contributed by atoms with Crippen LogP contribution in [-0.2, 0) is 16.8 Å². The van der Waals surface area contributed by atoms with Crippen LogP contribution in [0.2, 0.25) is 10.2 Å². The summed E-state index contributed by atoms with van der Waals surface area (Å²) in [5, 5.41) is 0.677.